The summed E-state index contributed by atoms with van der Waals surface area (Å²) in [6.07, 6.45) is 0.0358. The lowest BCUT2D eigenvalue weighted by Crippen LogP contribution is -2.29. The van der Waals surface area contributed by atoms with Crippen molar-refractivity contribution in [2.75, 3.05) is 12.1 Å². The van der Waals surface area contributed by atoms with Gasteiger partial charge in [0.1, 0.15) is 18.2 Å². The van der Waals surface area contributed by atoms with Crippen LogP contribution in [0.2, 0.25) is 0 Å². The van der Waals surface area contributed by atoms with E-state index in [1.165, 1.54) is 17.2 Å². The molecule has 12 heteroatoms. The second-order valence-corrected chi connectivity index (χ2v) is 5.70. The third-order valence-corrected chi connectivity index (χ3v) is 3.00. The monoisotopic (exact) mass is 317 g/mol. The Hall–Kier alpha value is -2.07. The van der Waals surface area contributed by atoms with E-state index in [1.54, 1.807) is 0 Å². The van der Waals surface area contributed by atoms with E-state index < -0.39 is 26.0 Å². The highest BCUT2D eigenvalue weighted by molar-refractivity contribution is 7.51. The highest BCUT2D eigenvalue weighted by Gasteiger charge is 2.24. The molecular formula is C9H12N5O6P. The fourth-order valence-corrected chi connectivity index (χ4v) is 1.97. The lowest BCUT2D eigenvalue weighted by atomic mass is 10.3. The molecule has 0 spiro atoms. The number of carbonyl (C=O) groups is 1. The Morgan fingerprint density at radius 1 is 1.43 bits per heavy atom. The van der Waals surface area contributed by atoms with Gasteiger partial charge >= 0.3 is 13.6 Å². The third-order valence-electron chi connectivity index (χ3n) is 2.51. The van der Waals surface area contributed by atoms with Gasteiger partial charge in [0.25, 0.3) is 0 Å². The molecule has 0 aromatic carbocycles. The Bertz CT molecular complexity index is 712. The van der Waals surface area contributed by atoms with E-state index in [1.807, 2.05) is 0 Å². The van der Waals surface area contributed by atoms with Gasteiger partial charge in [-0.15, -0.1) is 0 Å². The van der Waals surface area contributed by atoms with Crippen LogP contribution < -0.4 is 5.73 Å². The number of nitrogen functional groups attached to an aromatic ring is 1. The number of anilines is 1. The maximum Gasteiger partial charge on any atom is 0.351 e. The molecule has 0 aliphatic heterocycles. The molecule has 0 amide bonds. The second-order valence-electron chi connectivity index (χ2n) is 4.12. The first-order valence-corrected chi connectivity index (χ1v) is 7.38. The number of hydrogen-bond acceptors (Lipinski definition) is 7. The average molecular weight is 317 g/mol. The van der Waals surface area contributed by atoms with Crippen molar-refractivity contribution in [1.82, 2.24) is 19.5 Å². The van der Waals surface area contributed by atoms with Crippen LogP contribution in [0, 0.1) is 0 Å². The molecule has 0 saturated carbocycles. The van der Waals surface area contributed by atoms with Crippen LogP contribution in [0.4, 0.5) is 5.82 Å². The number of rotatable bonds is 6. The molecule has 0 aliphatic carbocycles. The lowest BCUT2D eigenvalue weighted by molar-refractivity contribution is -0.150. The number of aromatic nitrogens is 4. The van der Waals surface area contributed by atoms with Gasteiger partial charge in [0, 0.05) is 0 Å². The Labute approximate surface area is 117 Å². The normalized spacial score (nSPS) is 13.4. The second kappa shape index (κ2) is 5.74. The van der Waals surface area contributed by atoms with Gasteiger partial charge in [-0.1, -0.05) is 0 Å². The lowest BCUT2D eigenvalue weighted by Gasteiger charge is -2.14. The number of fused-ring (bicyclic) bond motifs is 1. The molecule has 1 atom stereocenters. The summed E-state index contributed by atoms with van der Waals surface area (Å²) in [4.78, 5) is 40.1. The maximum atomic E-state index is 11.1. The molecule has 0 unspecified atom stereocenters. The summed E-state index contributed by atoms with van der Waals surface area (Å²) in [6.45, 7) is -0.234. The molecular weight excluding hydrogens is 305 g/mol. The molecule has 5 N–H and O–H groups in total. The molecule has 21 heavy (non-hydrogen) atoms. The minimum Gasteiger partial charge on any atom is -0.479 e. The largest absolute Gasteiger partial charge is 0.479 e. The van der Waals surface area contributed by atoms with Crippen molar-refractivity contribution in [3.63, 3.8) is 0 Å². The van der Waals surface area contributed by atoms with Crippen molar-refractivity contribution in [2.24, 2.45) is 0 Å². The minimum absolute atomic E-state index is 0.141. The van der Waals surface area contributed by atoms with E-state index in [9.17, 15) is 9.36 Å². The zero-order valence-electron chi connectivity index (χ0n) is 10.5. The molecule has 2 aromatic heterocycles. The topological polar surface area (TPSA) is 174 Å². The number of nitrogens with zero attached hydrogens (tertiary/aromatic N) is 4. The Kier molecular flexibility index (Phi) is 4.19. The average Bonchev–Trinajstić information content (AvgIpc) is 2.77. The Morgan fingerprint density at radius 2 is 2.14 bits per heavy atom. The van der Waals surface area contributed by atoms with Crippen LogP contribution in [0.5, 0.6) is 0 Å². The molecule has 2 heterocycles. The quantitative estimate of drug-likeness (QED) is 0.484. The van der Waals surface area contributed by atoms with Crippen LogP contribution in [0.15, 0.2) is 12.7 Å². The van der Waals surface area contributed by atoms with Crippen LogP contribution in [0.25, 0.3) is 11.2 Å². The summed E-state index contributed by atoms with van der Waals surface area (Å²) < 4.78 is 16.8. The summed E-state index contributed by atoms with van der Waals surface area (Å²) >= 11 is 0. The number of imidazole rings is 1. The molecule has 0 saturated heterocycles. The van der Waals surface area contributed by atoms with E-state index in [4.69, 9.17) is 25.4 Å². The van der Waals surface area contributed by atoms with Crippen LogP contribution in [-0.2, 0) is 20.6 Å². The number of carboxylic acids is 1. The molecule has 0 radical (unpaired) electrons. The van der Waals surface area contributed by atoms with Gasteiger partial charge in [0.2, 0.25) is 0 Å². The van der Waals surface area contributed by atoms with Crippen molar-refractivity contribution in [2.45, 2.75) is 12.6 Å². The highest BCUT2D eigenvalue weighted by atomic mass is 31.2. The molecule has 0 fully saturated rings. The summed E-state index contributed by atoms with van der Waals surface area (Å²) in [5.74, 6) is -1.23. The van der Waals surface area contributed by atoms with Crippen molar-refractivity contribution >= 4 is 30.5 Å². The third kappa shape index (κ3) is 3.73. The van der Waals surface area contributed by atoms with Crippen LogP contribution in [-0.4, -0.2) is 52.8 Å². The predicted octanol–water partition coefficient (Wildman–Crippen LogP) is -0.987. The molecule has 0 bridgehead atoms. The van der Waals surface area contributed by atoms with Gasteiger partial charge in [-0.3, -0.25) is 4.57 Å². The summed E-state index contributed by atoms with van der Waals surface area (Å²) in [5, 5.41) is 9.03. The van der Waals surface area contributed by atoms with E-state index in [0.29, 0.717) is 11.2 Å². The van der Waals surface area contributed by atoms with Gasteiger partial charge in [0.15, 0.2) is 17.6 Å². The van der Waals surface area contributed by atoms with E-state index >= 15 is 0 Å². The number of hydrogen-bond donors (Lipinski definition) is 4. The Morgan fingerprint density at radius 3 is 2.76 bits per heavy atom. The summed E-state index contributed by atoms with van der Waals surface area (Å²) in [7, 11) is -4.46. The highest BCUT2D eigenvalue weighted by Crippen LogP contribution is 2.34. The first-order valence-electron chi connectivity index (χ1n) is 5.58. The van der Waals surface area contributed by atoms with Crippen molar-refractivity contribution in [3.8, 4) is 0 Å². The van der Waals surface area contributed by atoms with E-state index in [-0.39, 0.29) is 12.4 Å². The first-order chi connectivity index (χ1) is 9.78. The van der Waals surface area contributed by atoms with Gasteiger partial charge in [-0.05, 0) is 0 Å². The fourth-order valence-electron chi connectivity index (χ4n) is 1.60. The smallest absolute Gasteiger partial charge is 0.351 e. The minimum atomic E-state index is -4.46. The van der Waals surface area contributed by atoms with Gasteiger partial charge in [-0.25, -0.2) is 19.7 Å². The zero-order valence-corrected chi connectivity index (χ0v) is 11.4. The fraction of sp³-hybridized carbons (Fsp3) is 0.333. The molecule has 2 aromatic rings. The summed E-state index contributed by atoms with van der Waals surface area (Å²) in [5.41, 5.74) is 6.20. The van der Waals surface area contributed by atoms with Crippen molar-refractivity contribution < 1.29 is 29.0 Å². The Balaban J connectivity index is 2.21. The number of nitrogens with two attached hydrogens (primary N) is 1. The molecule has 114 valence electrons. The van der Waals surface area contributed by atoms with Gasteiger partial charge in [0.05, 0.1) is 12.9 Å². The van der Waals surface area contributed by atoms with Crippen molar-refractivity contribution in [1.29, 1.82) is 0 Å². The van der Waals surface area contributed by atoms with E-state index in [0.717, 1.165) is 0 Å². The molecule has 11 nitrogen and oxygen atoms in total. The van der Waals surface area contributed by atoms with Gasteiger partial charge < -0.3 is 29.9 Å². The zero-order chi connectivity index (χ0) is 15.6. The van der Waals surface area contributed by atoms with E-state index in [2.05, 4.69) is 15.0 Å². The van der Waals surface area contributed by atoms with Gasteiger partial charge in [-0.2, -0.15) is 0 Å². The maximum absolute atomic E-state index is 11.1. The SMILES string of the molecule is Nc1ncnc2c1ncn2C[C@H](OCP(=O)(O)O)C(=O)O. The molecule has 2 rings (SSSR count). The molecule has 0 aliphatic rings. The predicted molar refractivity (Wildman–Crippen MR) is 69.2 cm³/mol. The van der Waals surface area contributed by atoms with Crippen LogP contribution >= 0.6 is 7.60 Å². The van der Waals surface area contributed by atoms with Crippen LogP contribution in [0.1, 0.15) is 0 Å². The number of ether oxygens (including phenoxy) is 1. The standard InChI is InChI=1S/C9H12N5O6P/c10-7-6-8(12-2-11-7)14(3-13-6)1-5(9(15)16)20-4-21(17,18)19/h2-3,5H,1,4H2,(H,15,16)(H2,10,11,12)(H2,17,18,19)/t5-/m0/s1. The number of aliphatic carboxylic acids is 1. The number of carboxylic acid groups (broad SMARTS) is 1. The van der Waals surface area contributed by atoms with Crippen LogP contribution in [0.3, 0.4) is 0 Å². The van der Waals surface area contributed by atoms with Crippen molar-refractivity contribution in [3.05, 3.63) is 12.7 Å². The summed E-state index contributed by atoms with van der Waals surface area (Å²) in [6, 6.07) is 0. The first kappa shape index (κ1) is 15.3.